The summed E-state index contributed by atoms with van der Waals surface area (Å²) in [4.78, 5) is 25.1. The molecule has 0 bridgehead atoms. The van der Waals surface area contributed by atoms with E-state index in [4.69, 9.17) is 4.74 Å². The van der Waals surface area contributed by atoms with Crippen LogP contribution in [-0.4, -0.2) is 44.0 Å². The van der Waals surface area contributed by atoms with Crippen LogP contribution in [-0.2, 0) is 4.79 Å². The van der Waals surface area contributed by atoms with E-state index in [-0.39, 0.29) is 25.0 Å². The van der Waals surface area contributed by atoms with Gasteiger partial charge in [0.2, 0.25) is 0 Å². The molecule has 0 aliphatic rings. The SMILES string of the molecule is Cc1ccc(OCC(=O)NCC#Cc2ccc(C(=O)N(C)C)cc2)cc1. The van der Waals surface area contributed by atoms with Gasteiger partial charge in [0.1, 0.15) is 5.75 Å². The van der Waals surface area contributed by atoms with Gasteiger partial charge in [-0.3, -0.25) is 9.59 Å². The van der Waals surface area contributed by atoms with Crippen molar-refractivity contribution < 1.29 is 14.3 Å². The Labute approximate surface area is 154 Å². The van der Waals surface area contributed by atoms with Gasteiger partial charge in [-0.1, -0.05) is 29.5 Å². The molecular formula is C21H22N2O3. The maximum absolute atomic E-state index is 11.8. The van der Waals surface area contributed by atoms with Crippen LogP contribution >= 0.6 is 0 Å². The van der Waals surface area contributed by atoms with Crippen molar-refractivity contribution in [2.24, 2.45) is 0 Å². The van der Waals surface area contributed by atoms with Gasteiger partial charge in [0.05, 0.1) is 6.54 Å². The molecule has 0 aliphatic heterocycles. The first kappa shape index (κ1) is 19.1. The molecule has 0 radical (unpaired) electrons. The Morgan fingerprint density at radius 1 is 1.04 bits per heavy atom. The highest BCUT2D eigenvalue weighted by atomic mass is 16.5. The Hall–Kier alpha value is -3.26. The molecule has 26 heavy (non-hydrogen) atoms. The summed E-state index contributed by atoms with van der Waals surface area (Å²) in [6.07, 6.45) is 0. The number of aryl methyl sites for hydroxylation is 1. The van der Waals surface area contributed by atoms with Crippen molar-refractivity contribution >= 4 is 11.8 Å². The molecule has 5 nitrogen and oxygen atoms in total. The van der Waals surface area contributed by atoms with Crippen molar-refractivity contribution in [2.45, 2.75) is 6.92 Å². The van der Waals surface area contributed by atoms with Crippen molar-refractivity contribution in [3.63, 3.8) is 0 Å². The number of hydrogen-bond acceptors (Lipinski definition) is 3. The summed E-state index contributed by atoms with van der Waals surface area (Å²) in [5.41, 5.74) is 2.53. The van der Waals surface area contributed by atoms with E-state index in [0.29, 0.717) is 11.3 Å². The Morgan fingerprint density at radius 3 is 2.31 bits per heavy atom. The van der Waals surface area contributed by atoms with Crippen LogP contribution < -0.4 is 10.1 Å². The summed E-state index contributed by atoms with van der Waals surface area (Å²) in [6, 6.07) is 14.5. The minimum absolute atomic E-state index is 0.0495. The lowest BCUT2D eigenvalue weighted by Gasteiger charge is -2.09. The smallest absolute Gasteiger partial charge is 0.258 e. The molecule has 1 N–H and O–H groups in total. The minimum Gasteiger partial charge on any atom is -0.484 e. The number of carbonyl (C=O) groups is 2. The first-order valence-electron chi connectivity index (χ1n) is 8.22. The topological polar surface area (TPSA) is 58.6 Å². The second kappa shape index (κ2) is 9.28. The Bertz CT molecular complexity index is 813. The van der Waals surface area contributed by atoms with Crippen LogP contribution in [0.3, 0.4) is 0 Å². The van der Waals surface area contributed by atoms with Crippen LogP contribution in [0.5, 0.6) is 5.75 Å². The maximum atomic E-state index is 11.8. The number of amides is 2. The van der Waals surface area contributed by atoms with E-state index in [0.717, 1.165) is 11.1 Å². The van der Waals surface area contributed by atoms with Gasteiger partial charge in [0.15, 0.2) is 6.61 Å². The number of ether oxygens (including phenoxy) is 1. The Morgan fingerprint density at radius 2 is 1.69 bits per heavy atom. The number of rotatable bonds is 5. The number of nitrogens with zero attached hydrogens (tertiary/aromatic N) is 1. The molecule has 0 atom stereocenters. The highest BCUT2D eigenvalue weighted by Gasteiger charge is 2.06. The lowest BCUT2D eigenvalue weighted by Crippen LogP contribution is -2.29. The highest BCUT2D eigenvalue weighted by molar-refractivity contribution is 5.93. The summed E-state index contributed by atoms with van der Waals surface area (Å²) < 4.78 is 5.40. The van der Waals surface area contributed by atoms with E-state index in [1.54, 1.807) is 38.4 Å². The molecule has 0 saturated carbocycles. The zero-order chi connectivity index (χ0) is 18.9. The molecule has 5 heteroatoms. The predicted octanol–water partition coefficient (Wildman–Crippen LogP) is 2.24. The third-order valence-electron chi connectivity index (χ3n) is 3.54. The fourth-order valence-electron chi connectivity index (χ4n) is 2.08. The van der Waals surface area contributed by atoms with E-state index in [2.05, 4.69) is 17.2 Å². The van der Waals surface area contributed by atoms with Gasteiger partial charge < -0.3 is 15.0 Å². The third kappa shape index (κ3) is 5.99. The molecule has 0 unspecified atom stereocenters. The molecule has 2 amide bonds. The fourth-order valence-corrected chi connectivity index (χ4v) is 2.08. The number of hydrogen-bond donors (Lipinski definition) is 1. The van der Waals surface area contributed by atoms with Crippen molar-refractivity contribution in [1.82, 2.24) is 10.2 Å². The molecule has 134 valence electrons. The number of carbonyl (C=O) groups excluding carboxylic acids is 2. The van der Waals surface area contributed by atoms with Crippen molar-refractivity contribution in [2.75, 3.05) is 27.2 Å². The summed E-state index contributed by atoms with van der Waals surface area (Å²) in [5.74, 6) is 6.20. The van der Waals surface area contributed by atoms with Gasteiger partial charge in [0.25, 0.3) is 11.8 Å². The summed E-state index contributed by atoms with van der Waals surface area (Å²) in [7, 11) is 3.42. The van der Waals surface area contributed by atoms with Gasteiger partial charge in [-0.2, -0.15) is 0 Å². The molecule has 0 heterocycles. The Kier molecular flexibility index (Phi) is 6.81. The quantitative estimate of drug-likeness (QED) is 0.842. The largest absolute Gasteiger partial charge is 0.484 e. The zero-order valence-corrected chi connectivity index (χ0v) is 15.2. The molecule has 0 aromatic heterocycles. The number of nitrogens with one attached hydrogen (secondary N) is 1. The molecule has 0 fully saturated rings. The fraction of sp³-hybridized carbons (Fsp3) is 0.238. The standard InChI is InChI=1S/C21H22N2O3/c1-16-6-12-19(13-7-16)26-15-20(24)22-14-4-5-17-8-10-18(11-9-17)21(25)23(2)3/h6-13H,14-15H2,1-3H3,(H,22,24). The first-order chi connectivity index (χ1) is 12.5. The summed E-state index contributed by atoms with van der Waals surface area (Å²) in [5, 5.41) is 2.68. The first-order valence-corrected chi connectivity index (χ1v) is 8.22. The van der Waals surface area contributed by atoms with E-state index >= 15 is 0 Å². The van der Waals surface area contributed by atoms with Crippen LogP contribution in [0, 0.1) is 18.8 Å². The van der Waals surface area contributed by atoms with Crippen molar-refractivity contribution in [3.8, 4) is 17.6 Å². The molecule has 0 spiro atoms. The van der Waals surface area contributed by atoms with E-state index < -0.39 is 0 Å². The van der Waals surface area contributed by atoms with Crippen LogP contribution in [0.15, 0.2) is 48.5 Å². The second-order valence-electron chi connectivity index (χ2n) is 5.96. The molecule has 2 aromatic rings. The maximum Gasteiger partial charge on any atom is 0.258 e. The van der Waals surface area contributed by atoms with E-state index in [1.807, 2.05) is 31.2 Å². The van der Waals surface area contributed by atoms with Gasteiger partial charge in [-0.25, -0.2) is 0 Å². The molecule has 2 rings (SSSR count). The average Bonchev–Trinajstić information content (AvgIpc) is 2.64. The van der Waals surface area contributed by atoms with Crippen LogP contribution in [0.1, 0.15) is 21.5 Å². The van der Waals surface area contributed by atoms with Gasteiger partial charge >= 0.3 is 0 Å². The van der Waals surface area contributed by atoms with E-state index in [1.165, 1.54) is 4.90 Å². The Balaban J connectivity index is 1.76. The average molecular weight is 350 g/mol. The molecular weight excluding hydrogens is 328 g/mol. The van der Waals surface area contributed by atoms with Gasteiger partial charge in [0, 0.05) is 25.2 Å². The van der Waals surface area contributed by atoms with E-state index in [9.17, 15) is 9.59 Å². The monoisotopic (exact) mass is 350 g/mol. The van der Waals surface area contributed by atoms with Crippen LogP contribution in [0.25, 0.3) is 0 Å². The lowest BCUT2D eigenvalue weighted by molar-refractivity contribution is -0.122. The molecule has 0 saturated heterocycles. The van der Waals surface area contributed by atoms with Crippen LogP contribution in [0.4, 0.5) is 0 Å². The summed E-state index contributed by atoms with van der Waals surface area (Å²) >= 11 is 0. The van der Waals surface area contributed by atoms with Gasteiger partial charge in [-0.05, 0) is 43.3 Å². The normalized spacial score (nSPS) is 9.65. The van der Waals surface area contributed by atoms with Crippen molar-refractivity contribution in [3.05, 3.63) is 65.2 Å². The van der Waals surface area contributed by atoms with Crippen molar-refractivity contribution in [1.29, 1.82) is 0 Å². The molecule has 0 aliphatic carbocycles. The number of benzene rings is 2. The summed E-state index contributed by atoms with van der Waals surface area (Å²) in [6.45, 7) is 2.17. The van der Waals surface area contributed by atoms with Gasteiger partial charge in [-0.15, -0.1) is 0 Å². The van der Waals surface area contributed by atoms with Crippen LogP contribution in [0.2, 0.25) is 0 Å². The zero-order valence-electron chi connectivity index (χ0n) is 15.2. The lowest BCUT2D eigenvalue weighted by atomic mass is 10.1. The predicted molar refractivity (Wildman–Crippen MR) is 101 cm³/mol. The highest BCUT2D eigenvalue weighted by Crippen LogP contribution is 2.10. The minimum atomic E-state index is -0.230. The molecule has 2 aromatic carbocycles. The third-order valence-corrected chi connectivity index (χ3v) is 3.54. The second-order valence-corrected chi connectivity index (χ2v) is 5.96.